The van der Waals surface area contributed by atoms with Crippen LogP contribution in [0.3, 0.4) is 0 Å². The van der Waals surface area contributed by atoms with E-state index >= 15 is 0 Å². The molecule has 1 unspecified atom stereocenters. The van der Waals surface area contributed by atoms with Crippen molar-refractivity contribution < 1.29 is 32.9 Å². The largest absolute Gasteiger partial charge is 0.504 e. The molecule has 1 spiro atoms. The molecular weight excluding hydrogens is 535 g/mol. The van der Waals surface area contributed by atoms with Gasteiger partial charge in [-0.3, -0.25) is 9.69 Å². The smallest absolute Gasteiger partial charge is 0.416 e. The fourth-order valence-corrected chi connectivity index (χ4v) is 7.83. The van der Waals surface area contributed by atoms with Crippen molar-refractivity contribution in [1.82, 2.24) is 9.80 Å². The van der Waals surface area contributed by atoms with E-state index in [1.165, 1.54) is 29.2 Å². The van der Waals surface area contributed by atoms with Gasteiger partial charge in [-0.25, -0.2) is 0 Å². The number of hydrogen-bond acceptors (Lipinski definition) is 6. The van der Waals surface area contributed by atoms with E-state index in [2.05, 4.69) is 12.6 Å². The van der Waals surface area contributed by atoms with Gasteiger partial charge in [0.2, 0.25) is 5.91 Å². The highest BCUT2D eigenvalue weighted by Gasteiger charge is 2.74. The minimum Gasteiger partial charge on any atom is -0.504 e. The summed E-state index contributed by atoms with van der Waals surface area (Å²) in [6.45, 7) is 4.28. The second-order valence-corrected chi connectivity index (χ2v) is 11.4. The summed E-state index contributed by atoms with van der Waals surface area (Å²) in [5.41, 5.74) is -1.25. The fraction of sp³-hybridized carbons (Fsp3) is 0.419. The summed E-state index contributed by atoms with van der Waals surface area (Å²) in [6, 6.07) is 9.06. The number of nitriles is 1. The molecule has 1 amide bonds. The van der Waals surface area contributed by atoms with Crippen molar-refractivity contribution in [3.05, 3.63) is 77.4 Å². The lowest BCUT2D eigenvalue weighted by atomic mass is 9.47. The first kappa shape index (κ1) is 27.4. The number of amides is 1. The Balaban J connectivity index is 1.38. The summed E-state index contributed by atoms with van der Waals surface area (Å²) in [4.78, 5) is 16.9. The van der Waals surface area contributed by atoms with Crippen LogP contribution in [0.5, 0.6) is 11.5 Å². The van der Waals surface area contributed by atoms with Gasteiger partial charge in [0.15, 0.2) is 11.5 Å². The third-order valence-electron chi connectivity index (χ3n) is 9.59. The zero-order valence-electron chi connectivity index (χ0n) is 22.4. The molecule has 2 aromatic carbocycles. The van der Waals surface area contributed by atoms with Crippen LogP contribution >= 0.6 is 0 Å². The van der Waals surface area contributed by atoms with Crippen molar-refractivity contribution in [2.75, 3.05) is 13.6 Å². The molecule has 1 saturated carbocycles. The molecular formula is C31H30F3N3O4. The highest BCUT2D eigenvalue weighted by atomic mass is 19.4. The molecule has 2 aliphatic heterocycles. The zero-order chi connectivity index (χ0) is 29.3. The number of carbonyl (C=O) groups is 1. The number of ether oxygens (including phenoxy) is 1. The monoisotopic (exact) mass is 565 g/mol. The van der Waals surface area contributed by atoms with Gasteiger partial charge >= 0.3 is 6.18 Å². The summed E-state index contributed by atoms with van der Waals surface area (Å²) in [5, 5.41) is 33.5. The molecule has 2 fully saturated rings. The summed E-state index contributed by atoms with van der Waals surface area (Å²) >= 11 is 0. The van der Waals surface area contributed by atoms with Crippen molar-refractivity contribution in [2.24, 2.45) is 0 Å². The maximum Gasteiger partial charge on any atom is 0.416 e. The molecule has 2 aromatic rings. The Bertz CT molecular complexity index is 1500. The number of alkyl halides is 3. The van der Waals surface area contributed by atoms with E-state index in [9.17, 15) is 33.4 Å². The van der Waals surface area contributed by atoms with E-state index in [1.807, 2.05) is 11.0 Å². The Morgan fingerprint density at radius 3 is 2.83 bits per heavy atom. The number of hydrogen-bond donors (Lipinski definition) is 2. The Morgan fingerprint density at radius 1 is 1.34 bits per heavy atom. The van der Waals surface area contributed by atoms with Crippen LogP contribution in [0, 0.1) is 11.3 Å². The Morgan fingerprint density at radius 2 is 2.12 bits per heavy atom. The molecule has 1 saturated heterocycles. The van der Waals surface area contributed by atoms with E-state index in [0.29, 0.717) is 31.4 Å². The van der Waals surface area contributed by atoms with Gasteiger partial charge in [-0.1, -0.05) is 24.3 Å². The van der Waals surface area contributed by atoms with Gasteiger partial charge in [0, 0.05) is 31.3 Å². The molecule has 10 heteroatoms. The number of nitrogens with zero attached hydrogens (tertiary/aromatic N) is 3. The van der Waals surface area contributed by atoms with E-state index < -0.39 is 52.9 Å². The van der Waals surface area contributed by atoms with Crippen molar-refractivity contribution >= 4 is 12.0 Å². The van der Waals surface area contributed by atoms with Crippen LogP contribution in [0.4, 0.5) is 13.2 Å². The molecule has 2 aliphatic carbocycles. The predicted octanol–water partition coefficient (Wildman–Crippen LogP) is 4.18. The average Bonchev–Trinajstić information content (AvgIpc) is 3.29. The number of phenols is 1. The van der Waals surface area contributed by atoms with Gasteiger partial charge in [-0.05, 0) is 61.1 Å². The number of likely N-dealkylation sites (tertiary alicyclic amines) is 1. The molecule has 0 aromatic heterocycles. The minimum absolute atomic E-state index is 0.0625. The maximum absolute atomic E-state index is 13.4. The highest BCUT2D eigenvalue weighted by Crippen LogP contribution is 2.66. The Labute approximate surface area is 235 Å². The van der Waals surface area contributed by atoms with Crippen LogP contribution in [-0.4, -0.2) is 69.3 Å². The third-order valence-corrected chi connectivity index (χ3v) is 9.59. The molecule has 2 bridgehead atoms. The van der Waals surface area contributed by atoms with Gasteiger partial charge in [0.05, 0.1) is 34.7 Å². The number of piperidine rings is 1. The second kappa shape index (κ2) is 9.36. The Hall–Kier alpha value is -3.81. The lowest BCUT2D eigenvalue weighted by molar-refractivity contribution is -0.205. The first-order valence-corrected chi connectivity index (χ1v) is 13.6. The average molecular weight is 566 g/mol. The standard InChI is InChI=1S/C31H30F3N3O4/c1-3-13-37-21(17-35)16-29-26-19-8-9-23(38)27(26)41-28(29)22(11-12-30(29,40)24(37)15-19)36(2)25(39)10-7-18-5-4-6-20(14-18)31(32,33)34/h3-10,14,21-22,24,28,38,40H,1,11-13,15-16H2,2H3/t21?,22-,24+,28-,29-,30+/m0/s1. The number of likely N-dealkylation sites (N-methyl/N-ethyl adjacent to an activating group) is 1. The second-order valence-electron chi connectivity index (χ2n) is 11.4. The molecule has 214 valence electrons. The normalized spacial score (nSPS) is 31.7. The van der Waals surface area contributed by atoms with Crippen LogP contribution < -0.4 is 4.74 Å². The fourth-order valence-electron chi connectivity index (χ4n) is 7.83. The predicted molar refractivity (Wildman–Crippen MR) is 144 cm³/mol. The lowest BCUT2D eigenvalue weighted by Gasteiger charge is -2.65. The van der Waals surface area contributed by atoms with Crippen molar-refractivity contribution in [3.8, 4) is 17.6 Å². The number of aromatic hydroxyl groups is 1. The van der Waals surface area contributed by atoms with Crippen molar-refractivity contribution in [2.45, 2.75) is 67.1 Å². The van der Waals surface area contributed by atoms with E-state index in [1.54, 1.807) is 19.2 Å². The maximum atomic E-state index is 13.4. The van der Waals surface area contributed by atoms with Gasteiger partial charge < -0.3 is 19.8 Å². The van der Waals surface area contributed by atoms with Crippen LogP contribution in [0.15, 0.2) is 55.1 Å². The van der Waals surface area contributed by atoms with Gasteiger partial charge in [0.25, 0.3) is 0 Å². The number of carbonyl (C=O) groups excluding carboxylic acids is 1. The minimum atomic E-state index is -4.50. The molecule has 7 nitrogen and oxygen atoms in total. The molecule has 41 heavy (non-hydrogen) atoms. The number of phenolic OH excluding ortho intramolecular Hbond substituents is 1. The molecule has 2 heterocycles. The van der Waals surface area contributed by atoms with E-state index in [-0.39, 0.29) is 23.5 Å². The topological polar surface area (TPSA) is 97.0 Å². The van der Waals surface area contributed by atoms with Crippen LogP contribution in [0.25, 0.3) is 6.08 Å². The number of aliphatic hydroxyl groups is 1. The third kappa shape index (κ3) is 3.82. The molecule has 6 atom stereocenters. The quantitative estimate of drug-likeness (QED) is 0.417. The van der Waals surface area contributed by atoms with Crippen LogP contribution in [0.1, 0.15) is 41.5 Å². The molecule has 0 radical (unpaired) electrons. The zero-order valence-corrected chi connectivity index (χ0v) is 22.4. The highest BCUT2D eigenvalue weighted by molar-refractivity contribution is 5.92. The summed E-state index contributed by atoms with van der Waals surface area (Å²) in [6.07, 6.45) is 0.495. The van der Waals surface area contributed by atoms with Crippen LogP contribution in [0.2, 0.25) is 0 Å². The summed E-state index contributed by atoms with van der Waals surface area (Å²) in [7, 11) is 1.60. The first-order chi connectivity index (χ1) is 19.5. The summed E-state index contributed by atoms with van der Waals surface area (Å²) in [5.74, 6) is -0.218. The molecule has 2 N–H and O–H groups in total. The number of halogens is 3. The molecule has 6 rings (SSSR count). The van der Waals surface area contributed by atoms with E-state index in [4.69, 9.17) is 4.74 Å². The Kier molecular flexibility index (Phi) is 6.25. The lowest BCUT2D eigenvalue weighted by Crippen LogP contribution is -2.79. The van der Waals surface area contributed by atoms with Crippen molar-refractivity contribution in [1.29, 1.82) is 5.26 Å². The SMILES string of the molecule is C=CCN1C(C#N)C[C@]23c4c5ccc(O)c4O[C@H]2[C@@H](N(C)C(=O)C=Cc2cccc(C(F)(F)F)c2)CC[C@@]3(O)[C@H]1C5. The number of benzene rings is 2. The number of rotatable bonds is 5. The van der Waals surface area contributed by atoms with Gasteiger partial charge in [-0.15, -0.1) is 6.58 Å². The van der Waals surface area contributed by atoms with Gasteiger partial charge in [0.1, 0.15) is 6.10 Å². The summed E-state index contributed by atoms with van der Waals surface area (Å²) < 4.78 is 45.9. The van der Waals surface area contributed by atoms with Crippen molar-refractivity contribution in [3.63, 3.8) is 0 Å². The molecule has 4 aliphatic rings. The van der Waals surface area contributed by atoms with Gasteiger partial charge in [-0.2, -0.15) is 18.4 Å². The first-order valence-electron chi connectivity index (χ1n) is 13.6. The van der Waals surface area contributed by atoms with E-state index in [0.717, 1.165) is 17.7 Å². The van der Waals surface area contributed by atoms with Crippen LogP contribution in [-0.2, 0) is 22.8 Å².